The molecule has 5 nitrogen and oxygen atoms in total. The van der Waals surface area contributed by atoms with Crippen LogP contribution in [0.5, 0.6) is 5.75 Å². The van der Waals surface area contributed by atoms with Gasteiger partial charge in [-0.3, -0.25) is 4.79 Å². The first kappa shape index (κ1) is 19.9. The minimum atomic E-state index is -4.47. The lowest BCUT2D eigenvalue weighted by molar-refractivity contribution is -0.137. The van der Waals surface area contributed by atoms with E-state index in [9.17, 15) is 23.1 Å². The minimum Gasteiger partial charge on any atom is -0.508 e. The number of anilines is 1. The smallest absolute Gasteiger partial charge is 0.416 e. The molecule has 154 valence electrons. The van der Waals surface area contributed by atoms with Gasteiger partial charge in [0.25, 0.3) is 0 Å². The van der Waals surface area contributed by atoms with E-state index in [4.69, 9.17) is 4.74 Å². The Bertz CT molecular complexity index is 930. The molecule has 2 aromatic carbocycles. The second-order valence-corrected chi connectivity index (χ2v) is 8.06. The standard InChI is InChI=1S/C20H19F3N2O3S/c21-20(22,23)12-1-4-17-16(9-12)15-3-2-14(26)10-18(15)29-25(17)11-19(27)24-13-5-7-28-8-6-13/h1-4,9-10,13,26H,5-8,11H2,(H,24,27). The van der Waals surface area contributed by atoms with Crippen molar-refractivity contribution in [2.24, 2.45) is 0 Å². The number of phenolic OH excluding ortho intramolecular Hbond substituents is 1. The molecular formula is C20H19F3N2O3S. The number of hydrogen-bond donors (Lipinski definition) is 2. The Hall–Kier alpha value is -2.39. The number of ether oxygens (including phenoxy) is 1. The van der Waals surface area contributed by atoms with E-state index in [1.165, 1.54) is 30.1 Å². The van der Waals surface area contributed by atoms with Crippen molar-refractivity contribution in [2.75, 3.05) is 24.1 Å². The molecule has 0 saturated carbocycles. The number of nitrogens with zero attached hydrogens (tertiary/aromatic N) is 1. The highest BCUT2D eigenvalue weighted by atomic mass is 32.2. The maximum Gasteiger partial charge on any atom is 0.416 e. The summed E-state index contributed by atoms with van der Waals surface area (Å²) in [6, 6.07) is 8.07. The van der Waals surface area contributed by atoms with Gasteiger partial charge in [0.1, 0.15) is 12.3 Å². The molecule has 2 aliphatic heterocycles. The Kier molecular flexibility index (Phi) is 5.35. The van der Waals surface area contributed by atoms with Crippen molar-refractivity contribution in [2.45, 2.75) is 30.0 Å². The summed E-state index contributed by atoms with van der Waals surface area (Å²) in [7, 11) is 0. The fourth-order valence-electron chi connectivity index (χ4n) is 3.49. The van der Waals surface area contributed by atoms with Crippen molar-refractivity contribution in [3.05, 3.63) is 42.0 Å². The number of phenols is 1. The number of carbonyl (C=O) groups is 1. The molecule has 1 amide bonds. The Morgan fingerprint density at radius 2 is 1.93 bits per heavy atom. The van der Waals surface area contributed by atoms with Crippen LogP contribution >= 0.6 is 11.9 Å². The molecule has 0 aromatic heterocycles. The summed E-state index contributed by atoms with van der Waals surface area (Å²) in [5, 5.41) is 12.8. The number of amides is 1. The van der Waals surface area contributed by atoms with Gasteiger partial charge >= 0.3 is 6.18 Å². The summed E-state index contributed by atoms with van der Waals surface area (Å²) in [5.41, 5.74) is 0.750. The molecule has 2 heterocycles. The average molecular weight is 424 g/mol. The quantitative estimate of drug-likeness (QED) is 0.724. The largest absolute Gasteiger partial charge is 0.508 e. The lowest BCUT2D eigenvalue weighted by Gasteiger charge is -2.32. The third-order valence-electron chi connectivity index (χ3n) is 4.93. The summed E-state index contributed by atoms with van der Waals surface area (Å²) in [6.07, 6.45) is -3.00. The normalized spacial score (nSPS) is 16.9. The number of benzene rings is 2. The van der Waals surface area contributed by atoms with E-state index in [-0.39, 0.29) is 24.2 Å². The number of hydrogen-bond acceptors (Lipinski definition) is 5. The number of fused-ring (bicyclic) bond motifs is 3. The van der Waals surface area contributed by atoms with Crippen LogP contribution in [0.25, 0.3) is 11.1 Å². The average Bonchev–Trinajstić information content (AvgIpc) is 2.67. The van der Waals surface area contributed by atoms with Crippen LogP contribution in [-0.4, -0.2) is 36.8 Å². The molecule has 1 saturated heterocycles. The maximum atomic E-state index is 13.2. The first-order chi connectivity index (χ1) is 13.8. The van der Waals surface area contributed by atoms with Gasteiger partial charge in [-0.25, -0.2) is 0 Å². The summed E-state index contributed by atoms with van der Waals surface area (Å²) in [6.45, 7) is 1.17. The number of nitrogens with one attached hydrogen (secondary N) is 1. The number of aromatic hydroxyl groups is 1. The zero-order chi connectivity index (χ0) is 20.6. The Labute approximate surface area is 170 Å². The lowest BCUT2D eigenvalue weighted by Crippen LogP contribution is -2.43. The first-order valence-corrected chi connectivity index (χ1v) is 9.96. The van der Waals surface area contributed by atoms with Crippen molar-refractivity contribution in [1.82, 2.24) is 5.32 Å². The second-order valence-electron chi connectivity index (χ2n) is 6.99. The summed E-state index contributed by atoms with van der Waals surface area (Å²) < 4.78 is 46.6. The van der Waals surface area contributed by atoms with Gasteiger partial charge in [-0.1, -0.05) is 0 Å². The molecule has 0 bridgehead atoms. The molecule has 2 aromatic rings. The van der Waals surface area contributed by atoms with Gasteiger partial charge in [-0.15, -0.1) is 0 Å². The Balaban J connectivity index is 1.63. The highest BCUT2D eigenvalue weighted by molar-refractivity contribution is 8.01. The van der Waals surface area contributed by atoms with E-state index >= 15 is 0 Å². The fraction of sp³-hybridized carbons (Fsp3) is 0.350. The topological polar surface area (TPSA) is 61.8 Å². The molecule has 0 unspecified atom stereocenters. The SMILES string of the molecule is O=C(CN1Sc2cc(O)ccc2-c2cc(C(F)(F)F)ccc21)NC1CCOCC1. The number of alkyl halides is 3. The van der Waals surface area contributed by atoms with Crippen molar-refractivity contribution < 1.29 is 27.8 Å². The third-order valence-corrected chi connectivity index (χ3v) is 6.01. The molecule has 0 aliphatic carbocycles. The van der Waals surface area contributed by atoms with Crippen molar-refractivity contribution in [3.8, 4) is 16.9 Å². The number of carbonyl (C=O) groups excluding carboxylic acids is 1. The highest BCUT2D eigenvalue weighted by Gasteiger charge is 2.33. The molecular weight excluding hydrogens is 405 g/mol. The number of rotatable bonds is 3. The highest BCUT2D eigenvalue weighted by Crippen LogP contribution is 2.48. The van der Waals surface area contributed by atoms with Crippen molar-refractivity contribution in [1.29, 1.82) is 0 Å². The van der Waals surface area contributed by atoms with Gasteiger partial charge in [0.05, 0.1) is 11.3 Å². The zero-order valence-corrected chi connectivity index (χ0v) is 16.1. The molecule has 0 radical (unpaired) electrons. The summed E-state index contributed by atoms with van der Waals surface area (Å²) in [5.74, 6) is -0.197. The predicted molar refractivity (Wildman–Crippen MR) is 104 cm³/mol. The van der Waals surface area contributed by atoms with Crippen LogP contribution in [0.1, 0.15) is 18.4 Å². The van der Waals surface area contributed by atoms with Crippen LogP contribution < -0.4 is 9.62 Å². The minimum absolute atomic E-state index is 0.0123. The van der Waals surface area contributed by atoms with E-state index in [1.807, 2.05) is 0 Å². The molecule has 2 aliphatic rings. The Morgan fingerprint density at radius 3 is 2.66 bits per heavy atom. The van der Waals surface area contributed by atoms with Crippen LogP contribution in [0.3, 0.4) is 0 Å². The molecule has 0 spiro atoms. The van der Waals surface area contributed by atoms with Crippen molar-refractivity contribution >= 4 is 23.5 Å². The molecule has 29 heavy (non-hydrogen) atoms. The molecule has 1 fully saturated rings. The molecule has 0 atom stereocenters. The summed E-state index contributed by atoms with van der Waals surface area (Å²) in [4.78, 5) is 13.2. The van der Waals surface area contributed by atoms with Gasteiger partial charge in [-0.05, 0) is 66.8 Å². The van der Waals surface area contributed by atoms with Crippen LogP contribution in [0.2, 0.25) is 0 Å². The first-order valence-electron chi connectivity index (χ1n) is 9.18. The van der Waals surface area contributed by atoms with Gasteiger partial charge in [0.15, 0.2) is 0 Å². The monoisotopic (exact) mass is 424 g/mol. The van der Waals surface area contributed by atoms with E-state index in [0.717, 1.165) is 25.0 Å². The van der Waals surface area contributed by atoms with E-state index in [2.05, 4.69) is 5.32 Å². The van der Waals surface area contributed by atoms with Crippen LogP contribution in [0.15, 0.2) is 41.3 Å². The molecule has 4 rings (SSSR count). The second kappa shape index (κ2) is 7.79. The molecule has 2 N–H and O–H groups in total. The van der Waals surface area contributed by atoms with E-state index in [1.54, 1.807) is 10.4 Å². The van der Waals surface area contributed by atoms with E-state index < -0.39 is 11.7 Å². The third kappa shape index (κ3) is 4.30. The Morgan fingerprint density at radius 1 is 1.17 bits per heavy atom. The molecule has 9 heteroatoms. The van der Waals surface area contributed by atoms with E-state index in [0.29, 0.717) is 34.9 Å². The predicted octanol–water partition coefficient (Wildman–Crippen LogP) is 4.20. The van der Waals surface area contributed by atoms with Crippen LogP contribution in [-0.2, 0) is 15.7 Å². The van der Waals surface area contributed by atoms with Gasteiger partial charge < -0.3 is 19.5 Å². The lowest BCUT2D eigenvalue weighted by atomic mass is 10.00. The van der Waals surface area contributed by atoms with Crippen molar-refractivity contribution in [3.63, 3.8) is 0 Å². The van der Waals surface area contributed by atoms with Gasteiger partial charge in [-0.2, -0.15) is 13.2 Å². The van der Waals surface area contributed by atoms with Gasteiger partial charge in [0, 0.05) is 29.7 Å². The zero-order valence-electron chi connectivity index (χ0n) is 15.3. The fourth-order valence-corrected chi connectivity index (χ4v) is 4.61. The van der Waals surface area contributed by atoms with Crippen LogP contribution in [0.4, 0.5) is 18.9 Å². The number of halogens is 3. The maximum absolute atomic E-state index is 13.2. The summed E-state index contributed by atoms with van der Waals surface area (Å²) >= 11 is 1.22. The van der Waals surface area contributed by atoms with Gasteiger partial charge in [0.2, 0.25) is 5.91 Å². The van der Waals surface area contributed by atoms with Crippen LogP contribution in [0, 0.1) is 0 Å².